The molecule has 0 spiro atoms. The molecule has 0 bridgehead atoms. The highest BCUT2D eigenvalue weighted by atomic mass is 19.1. The van der Waals surface area contributed by atoms with Crippen LogP contribution in [0.3, 0.4) is 0 Å². The predicted octanol–water partition coefficient (Wildman–Crippen LogP) is 3.95. The van der Waals surface area contributed by atoms with E-state index in [4.69, 9.17) is 5.73 Å². The third-order valence-electron chi connectivity index (χ3n) is 3.03. The number of nitrogen functional groups attached to an aromatic ring is 1. The van der Waals surface area contributed by atoms with Crippen LogP contribution in [0.25, 0.3) is 11.1 Å². The lowest BCUT2D eigenvalue weighted by molar-refractivity contribution is 0.628. The number of aryl methyl sites for hydroxylation is 2. The molecule has 0 saturated carbocycles. The summed E-state index contributed by atoms with van der Waals surface area (Å²) in [5.41, 5.74) is 10.8. The Balaban J connectivity index is 2.56. The summed E-state index contributed by atoms with van der Waals surface area (Å²) < 4.78 is 13.3. The standard InChI is InChI=1S/C15H16FN/c1-3-11-8-12(5-7-15(11)17)14-9-13(16)6-4-10(14)2/h4-9H,3,17H2,1-2H3. The molecule has 0 saturated heterocycles. The number of hydrogen-bond acceptors (Lipinski definition) is 1. The maximum atomic E-state index is 13.3. The molecular weight excluding hydrogens is 213 g/mol. The normalized spacial score (nSPS) is 10.5. The maximum Gasteiger partial charge on any atom is 0.123 e. The molecule has 2 rings (SSSR count). The molecule has 0 aromatic heterocycles. The van der Waals surface area contributed by atoms with Gasteiger partial charge in [0.15, 0.2) is 0 Å². The van der Waals surface area contributed by atoms with Crippen LogP contribution >= 0.6 is 0 Å². The zero-order chi connectivity index (χ0) is 12.4. The highest BCUT2D eigenvalue weighted by Gasteiger charge is 2.05. The highest BCUT2D eigenvalue weighted by Crippen LogP contribution is 2.27. The van der Waals surface area contributed by atoms with E-state index in [1.54, 1.807) is 12.1 Å². The van der Waals surface area contributed by atoms with Gasteiger partial charge in [-0.05, 0) is 59.9 Å². The molecule has 0 aliphatic rings. The van der Waals surface area contributed by atoms with Gasteiger partial charge in [-0.15, -0.1) is 0 Å². The molecular formula is C15H16FN. The summed E-state index contributed by atoms with van der Waals surface area (Å²) in [5, 5.41) is 0. The first-order valence-corrected chi connectivity index (χ1v) is 5.76. The Labute approximate surface area is 101 Å². The fraction of sp³-hybridized carbons (Fsp3) is 0.200. The molecule has 2 N–H and O–H groups in total. The second-order valence-electron chi connectivity index (χ2n) is 4.23. The highest BCUT2D eigenvalue weighted by molar-refractivity contribution is 5.70. The van der Waals surface area contributed by atoms with Gasteiger partial charge in [-0.3, -0.25) is 0 Å². The van der Waals surface area contributed by atoms with Gasteiger partial charge in [0, 0.05) is 5.69 Å². The first-order valence-electron chi connectivity index (χ1n) is 5.76. The Morgan fingerprint density at radius 3 is 2.59 bits per heavy atom. The molecule has 2 aromatic carbocycles. The van der Waals surface area contributed by atoms with Crippen molar-refractivity contribution in [1.29, 1.82) is 0 Å². The average Bonchev–Trinajstić information content (AvgIpc) is 2.33. The van der Waals surface area contributed by atoms with Crippen molar-refractivity contribution in [2.75, 3.05) is 5.73 Å². The summed E-state index contributed by atoms with van der Waals surface area (Å²) in [6, 6.07) is 10.7. The third kappa shape index (κ3) is 2.31. The molecule has 0 fully saturated rings. The van der Waals surface area contributed by atoms with E-state index in [1.807, 2.05) is 25.1 Å². The number of benzene rings is 2. The van der Waals surface area contributed by atoms with E-state index in [1.165, 1.54) is 6.07 Å². The second-order valence-corrected chi connectivity index (χ2v) is 4.23. The molecule has 0 unspecified atom stereocenters. The molecule has 0 aliphatic heterocycles. The summed E-state index contributed by atoms with van der Waals surface area (Å²) >= 11 is 0. The number of anilines is 1. The van der Waals surface area contributed by atoms with Gasteiger partial charge < -0.3 is 5.73 Å². The van der Waals surface area contributed by atoms with E-state index >= 15 is 0 Å². The quantitative estimate of drug-likeness (QED) is 0.775. The molecule has 2 heteroatoms. The van der Waals surface area contributed by atoms with Crippen LogP contribution in [0.1, 0.15) is 18.1 Å². The van der Waals surface area contributed by atoms with Crippen LogP contribution in [0, 0.1) is 12.7 Å². The third-order valence-corrected chi connectivity index (χ3v) is 3.03. The van der Waals surface area contributed by atoms with Crippen molar-refractivity contribution in [2.24, 2.45) is 0 Å². The molecule has 1 nitrogen and oxygen atoms in total. The molecule has 0 heterocycles. The molecule has 2 aromatic rings. The minimum absolute atomic E-state index is 0.208. The largest absolute Gasteiger partial charge is 0.399 e. The first kappa shape index (κ1) is 11.6. The summed E-state index contributed by atoms with van der Waals surface area (Å²) in [7, 11) is 0. The molecule has 0 radical (unpaired) electrons. The summed E-state index contributed by atoms with van der Waals surface area (Å²) in [4.78, 5) is 0. The van der Waals surface area contributed by atoms with Gasteiger partial charge in [0.1, 0.15) is 5.82 Å². The van der Waals surface area contributed by atoms with Gasteiger partial charge in [0.25, 0.3) is 0 Å². The van der Waals surface area contributed by atoms with E-state index < -0.39 is 0 Å². The lowest BCUT2D eigenvalue weighted by atomic mass is 9.97. The zero-order valence-electron chi connectivity index (χ0n) is 10.1. The van der Waals surface area contributed by atoms with Crippen molar-refractivity contribution in [2.45, 2.75) is 20.3 Å². The zero-order valence-corrected chi connectivity index (χ0v) is 10.1. The number of hydrogen-bond donors (Lipinski definition) is 1. The van der Waals surface area contributed by atoms with Gasteiger partial charge >= 0.3 is 0 Å². The summed E-state index contributed by atoms with van der Waals surface area (Å²) in [6.07, 6.45) is 0.883. The lowest BCUT2D eigenvalue weighted by Gasteiger charge is -2.09. The molecule has 88 valence electrons. The average molecular weight is 229 g/mol. The van der Waals surface area contributed by atoms with Crippen LogP contribution in [-0.2, 0) is 6.42 Å². The smallest absolute Gasteiger partial charge is 0.123 e. The van der Waals surface area contributed by atoms with Crippen molar-refractivity contribution >= 4 is 5.69 Å². The summed E-state index contributed by atoms with van der Waals surface area (Å²) in [5.74, 6) is -0.208. The van der Waals surface area contributed by atoms with E-state index in [0.717, 1.165) is 34.4 Å². The Morgan fingerprint density at radius 2 is 1.88 bits per heavy atom. The van der Waals surface area contributed by atoms with Crippen molar-refractivity contribution in [3.8, 4) is 11.1 Å². The fourth-order valence-corrected chi connectivity index (χ4v) is 1.98. The monoisotopic (exact) mass is 229 g/mol. The number of rotatable bonds is 2. The van der Waals surface area contributed by atoms with Crippen LogP contribution in [0.4, 0.5) is 10.1 Å². The van der Waals surface area contributed by atoms with Crippen molar-refractivity contribution < 1.29 is 4.39 Å². The molecule has 0 aliphatic carbocycles. The Morgan fingerprint density at radius 1 is 1.12 bits per heavy atom. The first-order chi connectivity index (χ1) is 8.11. The van der Waals surface area contributed by atoms with Crippen LogP contribution < -0.4 is 5.73 Å². The molecule has 0 amide bonds. The number of nitrogens with two attached hydrogens (primary N) is 1. The SMILES string of the molecule is CCc1cc(-c2cc(F)ccc2C)ccc1N. The van der Waals surface area contributed by atoms with Crippen molar-refractivity contribution in [3.05, 3.63) is 53.3 Å². The predicted molar refractivity (Wildman–Crippen MR) is 70.4 cm³/mol. The second kappa shape index (κ2) is 4.58. The van der Waals surface area contributed by atoms with Crippen molar-refractivity contribution in [1.82, 2.24) is 0 Å². The van der Waals surface area contributed by atoms with Crippen molar-refractivity contribution in [3.63, 3.8) is 0 Å². The van der Waals surface area contributed by atoms with Gasteiger partial charge in [-0.2, -0.15) is 0 Å². The van der Waals surface area contributed by atoms with Gasteiger partial charge in [0.05, 0.1) is 0 Å². The van der Waals surface area contributed by atoms with Gasteiger partial charge in [-0.25, -0.2) is 4.39 Å². The topological polar surface area (TPSA) is 26.0 Å². The Kier molecular flexibility index (Phi) is 3.14. The lowest BCUT2D eigenvalue weighted by Crippen LogP contribution is -1.94. The minimum atomic E-state index is -0.208. The van der Waals surface area contributed by atoms with E-state index in [-0.39, 0.29) is 5.82 Å². The van der Waals surface area contributed by atoms with Gasteiger partial charge in [0.2, 0.25) is 0 Å². The summed E-state index contributed by atoms with van der Waals surface area (Å²) in [6.45, 7) is 4.05. The van der Waals surface area contributed by atoms with Crippen LogP contribution in [0.5, 0.6) is 0 Å². The van der Waals surface area contributed by atoms with Crippen LogP contribution in [0.15, 0.2) is 36.4 Å². The fourth-order valence-electron chi connectivity index (χ4n) is 1.98. The van der Waals surface area contributed by atoms with E-state index in [2.05, 4.69) is 6.92 Å². The molecule has 17 heavy (non-hydrogen) atoms. The Hall–Kier alpha value is -1.83. The van der Waals surface area contributed by atoms with Crippen LogP contribution in [0.2, 0.25) is 0 Å². The number of halogens is 1. The van der Waals surface area contributed by atoms with Crippen LogP contribution in [-0.4, -0.2) is 0 Å². The minimum Gasteiger partial charge on any atom is -0.399 e. The maximum absolute atomic E-state index is 13.3. The van der Waals surface area contributed by atoms with E-state index in [9.17, 15) is 4.39 Å². The molecule has 0 atom stereocenters. The van der Waals surface area contributed by atoms with E-state index in [0.29, 0.717) is 0 Å². The Bertz CT molecular complexity index is 547. The van der Waals surface area contributed by atoms with Gasteiger partial charge in [-0.1, -0.05) is 19.1 Å².